The molecule has 0 aliphatic carbocycles. The van der Waals surface area contributed by atoms with Crippen molar-refractivity contribution in [2.45, 2.75) is 26.3 Å². The van der Waals surface area contributed by atoms with Gasteiger partial charge in [0.2, 0.25) is 0 Å². The second-order valence-electron chi connectivity index (χ2n) is 5.11. The molecule has 1 atom stereocenters. The van der Waals surface area contributed by atoms with Crippen molar-refractivity contribution >= 4 is 0 Å². The lowest BCUT2D eigenvalue weighted by molar-refractivity contribution is 0.160. The fourth-order valence-corrected chi connectivity index (χ4v) is 2.64. The fraction of sp³-hybridized carbons (Fsp3) is 0.571. The Kier molecular flexibility index (Phi) is 3.84. The normalized spacial score (nSPS) is 18.3. The molecule has 3 heterocycles. The summed E-state index contributed by atoms with van der Waals surface area (Å²) >= 11 is 0. The zero-order valence-electron chi connectivity index (χ0n) is 11.9. The third-order valence-corrected chi connectivity index (χ3v) is 3.70. The van der Waals surface area contributed by atoms with E-state index in [-0.39, 0.29) is 6.04 Å². The van der Waals surface area contributed by atoms with Crippen molar-refractivity contribution < 1.29 is 8.94 Å². The van der Waals surface area contributed by atoms with Gasteiger partial charge in [-0.1, -0.05) is 12.1 Å². The van der Waals surface area contributed by atoms with Crippen LogP contribution in [0.3, 0.4) is 0 Å². The Morgan fingerprint density at radius 2 is 2.20 bits per heavy atom. The third kappa shape index (κ3) is 2.62. The Labute approximate surface area is 118 Å². The van der Waals surface area contributed by atoms with Gasteiger partial charge in [0.25, 0.3) is 5.89 Å². The monoisotopic (exact) mass is 276 g/mol. The molecule has 20 heavy (non-hydrogen) atoms. The Morgan fingerprint density at radius 3 is 2.85 bits per heavy atom. The topological polar surface area (TPSA) is 67.3 Å². The Hall–Kier alpha value is -1.66. The molecular formula is C14H20N4O2. The second-order valence-corrected chi connectivity index (χ2v) is 5.11. The third-order valence-electron chi connectivity index (χ3n) is 3.70. The van der Waals surface area contributed by atoms with E-state index in [2.05, 4.69) is 27.3 Å². The summed E-state index contributed by atoms with van der Waals surface area (Å²) in [6, 6.07) is 2.13. The van der Waals surface area contributed by atoms with Crippen LogP contribution in [0.5, 0.6) is 0 Å². The molecule has 0 radical (unpaired) electrons. The van der Waals surface area contributed by atoms with Crippen LogP contribution in [-0.2, 0) is 0 Å². The van der Waals surface area contributed by atoms with E-state index in [9.17, 15) is 0 Å². The molecule has 1 unspecified atom stereocenters. The van der Waals surface area contributed by atoms with Gasteiger partial charge in [0, 0.05) is 26.2 Å². The summed E-state index contributed by atoms with van der Waals surface area (Å²) in [4.78, 5) is 6.95. The van der Waals surface area contributed by atoms with Gasteiger partial charge in [-0.3, -0.25) is 4.90 Å². The molecule has 6 heteroatoms. The van der Waals surface area contributed by atoms with Crippen molar-refractivity contribution in [2.24, 2.45) is 0 Å². The van der Waals surface area contributed by atoms with E-state index in [1.165, 1.54) is 0 Å². The van der Waals surface area contributed by atoms with Crippen molar-refractivity contribution in [3.63, 3.8) is 0 Å². The van der Waals surface area contributed by atoms with E-state index >= 15 is 0 Å². The maximum atomic E-state index is 5.37. The summed E-state index contributed by atoms with van der Waals surface area (Å²) in [5.74, 6) is 2.14. The number of nitrogens with one attached hydrogen (secondary N) is 1. The van der Waals surface area contributed by atoms with Crippen LogP contribution < -0.4 is 5.32 Å². The summed E-state index contributed by atoms with van der Waals surface area (Å²) in [5.41, 5.74) is 0.844. The Balaban J connectivity index is 1.80. The van der Waals surface area contributed by atoms with Crippen molar-refractivity contribution in [3.05, 3.63) is 23.9 Å². The standard InChI is InChI=1S/C14H20N4O2/c1-3-12(18-6-4-15-5-7-18)13-16-14(20-17-13)11-8-10(2)19-9-11/h8-9,12,15H,3-7H2,1-2H3. The highest BCUT2D eigenvalue weighted by atomic mass is 16.5. The molecule has 3 rings (SSSR count). The van der Waals surface area contributed by atoms with Crippen LogP contribution in [0.25, 0.3) is 11.5 Å². The summed E-state index contributed by atoms with van der Waals surface area (Å²) in [6.07, 6.45) is 2.63. The zero-order valence-corrected chi connectivity index (χ0v) is 11.9. The number of rotatable bonds is 4. The lowest BCUT2D eigenvalue weighted by Gasteiger charge is -2.32. The Morgan fingerprint density at radius 1 is 1.40 bits per heavy atom. The van der Waals surface area contributed by atoms with Gasteiger partial charge < -0.3 is 14.3 Å². The van der Waals surface area contributed by atoms with Crippen LogP contribution in [0.4, 0.5) is 0 Å². The lowest BCUT2D eigenvalue weighted by atomic mass is 10.1. The number of furan rings is 1. The number of aromatic nitrogens is 2. The minimum atomic E-state index is 0.225. The highest BCUT2D eigenvalue weighted by molar-refractivity contribution is 5.51. The second kappa shape index (κ2) is 5.76. The van der Waals surface area contributed by atoms with Gasteiger partial charge in [-0.05, 0) is 19.4 Å². The summed E-state index contributed by atoms with van der Waals surface area (Å²) in [7, 11) is 0. The van der Waals surface area contributed by atoms with E-state index in [4.69, 9.17) is 8.94 Å². The minimum Gasteiger partial charge on any atom is -0.469 e. The van der Waals surface area contributed by atoms with Crippen LogP contribution in [0.2, 0.25) is 0 Å². The summed E-state index contributed by atoms with van der Waals surface area (Å²) in [5, 5.41) is 7.52. The van der Waals surface area contributed by atoms with E-state index in [0.717, 1.165) is 49.7 Å². The maximum absolute atomic E-state index is 5.37. The zero-order chi connectivity index (χ0) is 13.9. The van der Waals surface area contributed by atoms with Gasteiger partial charge in [0.05, 0.1) is 11.6 Å². The smallest absolute Gasteiger partial charge is 0.261 e. The number of hydrogen-bond acceptors (Lipinski definition) is 6. The van der Waals surface area contributed by atoms with Crippen LogP contribution in [0.15, 0.2) is 21.3 Å². The number of hydrogen-bond donors (Lipinski definition) is 1. The predicted molar refractivity (Wildman–Crippen MR) is 74.2 cm³/mol. The van der Waals surface area contributed by atoms with Gasteiger partial charge in [0.15, 0.2) is 5.82 Å². The van der Waals surface area contributed by atoms with Crippen molar-refractivity contribution in [1.29, 1.82) is 0 Å². The highest BCUT2D eigenvalue weighted by Crippen LogP contribution is 2.26. The van der Waals surface area contributed by atoms with Gasteiger partial charge in [-0.15, -0.1) is 0 Å². The predicted octanol–water partition coefficient (Wildman–Crippen LogP) is 1.99. The number of piperazine rings is 1. The Bertz CT molecular complexity index is 557. The van der Waals surface area contributed by atoms with Crippen LogP contribution in [0, 0.1) is 6.92 Å². The number of aryl methyl sites for hydroxylation is 1. The van der Waals surface area contributed by atoms with E-state index < -0.39 is 0 Å². The average Bonchev–Trinajstić information content (AvgIpc) is 3.10. The van der Waals surface area contributed by atoms with Crippen LogP contribution >= 0.6 is 0 Å². The minimum absolute atomic E-state index is 0.225. The summed E-state index contributed by atoms with van der Waals surface area (Å²) in [6.45, 7) is 8.13. The molecule has 1 saturated heterocycles. The molecule has 1 aliphatic rings. The average molecular weight is 276 g/mol. The van der Waals surface area contributed by atoms with Crippen LogP contribution in [-0.4, -0.2) is 41.2 Å². The molecule has 6 nitrogen and oxygen atoms in total. The SMILES string of the molecule is CCC(c1noc(-c2coc(C)c2)n1)N1CCNCC1. The van der Waals surface area contributed by atoms with E-state index in [1.54, 1.807) is 6.26 Å². The first-order valence-corrected chi connectivity index (χ1v) is 7.12. The van der Waals surface area contributed by atoms with Crippen LogP contribution in [0.1, 0.15) is 31.0 Å². The van der Waals surface area contributed by atoms with E-state index in [1.807, 2.05) is 13.0 Å². The quantitative estimate of drug-likeness (QED) is 0.921. The molecule has 0 aromatic carbocycles. The molecule has 2 aromatic rings. The lowest BCUT2D eigenvalue weighted by Crippen LogP contribution is -2.45. The highest BCUT2D eigenvalue weighted by Gasteiger charge is 2.25. The van der Waals surface area contributed by atoms with Crippen molar-refractivity contribution in [3.8, 4) is 11.5 Å². The molecular weight excluding hydrogens is 256 g/mol. The van der Waals surface area contributed by atoms with Gasteiger partial charge in [0.1, 0.15) is 12.0 Å². The molecule has 108 valence electrons. The molecule has 0 bridgehead atoms. The molecule has 1 aliphatic heterocycles. The van der Waals surface area contributed by atoms with E-state index in [0.29, 0.717) is 5.89 Å². The molecule has 2 aromatic heterocycles. The molecule has 0 spiro atoms. The molecule has 0 amide bonds. The van der Waals surface area contributed by atoms with Gasteiger partial charge in [-0.25, -0.2) is 0 Å². The molecule has 1 N–H and O–H groups in total. The van der Waals surface area contributed by atoms with Crippen molar-refractivity contribution in [2.75, 3.05) is 26.2 Å². The molecule has 1 fully saturated rings. The first kappa shape index (κ1) is 13.3. The number of nitrogens with zero attached hydrogens (tertiary/aromatic N) is 3. The largest absolute Gasteiger partial charge is 0.469 e. The van der Waals surface area contributed by atoms with Gasteiger partial charge in [-0.2, -0.15) is 4.98 Å². The maximum Gasteiger partial charge on any atom is 0.261 e. The molecule has 0 saturated carbocycles. The van der Waals surface area contributed by atoms with Crippen molar-refractivity contribution in [1.82, 2.24) is 20.4 Å². The summed E-state index contributed by atoms with van der Waals surface area (Å²) < 4.78 is 10.7. The fourth-order valence-electron chi connectivity index (χ4n) is 2.64. The van der Waals surface area contributed by atoms with Gasteiger partial charge >= 0.3 is 0 Å². The first-order valence-electron chi connectivity index (χ1n) is 7.12. The first-order chi connectivity index (χ1) is 9.78.